The number of urea groups is 1. The number of methoxy groups -OCH3 is 1. The third-order valence-electron chi connectivity index (χ3n) is 1.99. The van der Waals surface area contributed by atoms with Crippen LogP contribution in [0.3, 0.4) is 0 Å². The first-order valence-corrected chi connectivity index (χ1v) is 4.64. The van der Waals surface area contributed by atoms with Crippen LogP contribution in [0.15, 0.2) is 18.2 Å². The van der Waals surface area contributed by atoms with Gasteiger partial charge in [-0.1, -0.05) is 0 Å². The Balaban J connectivity index is 3.15. The molecule has 1 aromatic rings. The minimum atomic E-state index is -0.837. The van der Waals surface area contributed by atoms with E-state index < -0.39 is 22.6 Å². The average Bonchev–Trinajstić information content (AvgIpc) is 2.37. The van der Waals surface area contributed by atoms with Crippen LogP contribution in [0.25, 0.3) is 0 Å². The number of amides is 2. The number of esters is 1. The van der Waals surface area contributed by atoms with Crippen molar-refractivity contribution in [2.75, 3.05) is 12.4 Å². The second kappa shape index (κ2) is 5.59. The number of carbonyl (C=O) groups excluding carboxylic acids is 2. The topological polar surface area (TPSA) is 137 Å². The first-order chi connectivity index (χ1) is 8.49. The molecule has 0 spiro atoms. The molecule has 0 saturated carbocycles. The third-order valence-corrected chi connectivity index (χ3v) is 1.99. The first kappa shape index (κ1) is 13.4. The molecule has 18 heavy (non-hydrogen) atoms. The number of hydrogen-bond donors (Lipinski definition) is 3. The highest BCUT2D eigenvalue weighted by Crippen LogP contribution is 2.23. The molecule has 2 amide bonds. The molecule has 4 N–H and O–H groups in total. The summed E-state index contributed by atoms with van der Waals surface area (Å²) >= 11 is 0. The largest absolute Gasteiger partial charge is 0.465 e. The zero-order valence-corrected chi connectivity index (χ0v) is 9.30. The molecule has 9 heteroatoms. The van der Waals surface area contributed by atoms with Crippen LogP contribution in [0, 0.1) is 10.1 Å². The van der Waals surface area contributed by atoms with Crippen LogP contribution < -0.4 is 16.6 Å². The predicted octanol–water partition coefficient (Wildman–Crippen LogP) is 0.377. The van der Waals surface area contributed by atoms with Gasteiger partial charge in [-0.2, -0.15) is 0 Å². The molecule has 1 rings (SSSR count). The Labute approximate surface area is 101 Å². The Hall–Kier alpha value is -2.68. The lowest BCUT2D eigenvalue weighted by molar-refractivity contribution is -0.385. The van der Waals surface area contributed by atoms with Crippen molar-refractivity contribution >= 4 is 23.4 Å². The molecule has 0 aliphatic carbocycles. The lowest BCUT2D eigenvalue weighted by atomic mass is 10.1. The van der Waals surface area contributed by atoms with Crippen molar-refractivity contribution in [3.63, 3.8) is 0 Å². The van der Waals surface area contributed by atoms with E-state index in [1.54, 1.807) is 5.43 Å². The molecule has 1 aromatic carbocycles. The van der Waals surface area contributed by atoms with Crippen molar-refractivity contribution in [3.05, 3.63) is 33.9 Å². The fraction of sp³-hybridized carbons (Fsp3) is 0.111. The monoisotopic (exact) mass is 254 g/mol. The van der Waals surface area contributed by atoms with E-state index in [1.165, 1.54) is 12.1 Å². The van der Waals surface area contributed by atoms with E-state index in [-0.39, 0.29) is 11.3 Å². The van der Waals surface area contributed by atoms with Crippen LogP contribution in [0.4, 0.5) is 16.2 Å². The lowest BCUT2D eigenvalue weighted by Crippen LogP contribution is -2.34. The van der Waals surface area contributed by atoms with E-state index in [0.717, 1.165) is 13.2 Å². The number of nitrogens with one attached hydrogen (secondary N) is 2. The number of ether oxygens (including phenoxy) is 1. The van der Waals surface area contributed by atoms with Gasteiger partial charge in [-0.3, -0.25) is 15.5 Å². The second-order valence-electron chi connectivity index (χ2n) is 3.08. The molecule has 0 fully saturated rings. The normalized spacial score (nSPS) is 9.44. The van der Waals surface area contributed by atoms with Crippen molar-refractivity contribution < 1.29 is 19.2 Å². The van der Waals surface area contributed by atoms with Gasteiger partial charge in [0.25, 0.3) is 5.69 Å². The van der Waals surface area contributed by atoms with Crippen molar-refractivity contribution in [3.8, 4) is 0 Å². The van der Waals surface area contributed by atoms with Gasteiger partial charge < -0.3 is 10.1 Å². The lowest BCUT2D eigenvalue weighted by Gasteiger charge is -2.06. The quantitative estimate of drug-likeness (QED) is 0.234. The zero-order valence-electron chi connectivity index (χ0n) is 9.30. The van der Waals surface area contributed by atoms with Crippen LogP contribution in [-0.4, -0.2) is 24.0 Å². The molecular formula is C9H10N4O5. The highest BCUT2D eigenvalue weighted by molar-refractivity contribution is 5.96. The fourth-order valence-electron chi connectivity index (χ4n) is 1.21. The van der Waals surface area contributed by atoms with E-state index in [0.29, 0.717) is 0 Å². The number of carbonyl (C=O) groups is 2. The van der Waals surface area contributed by atoms with Gasteiger partial charge in [-0.05, 0) is 12.1 Å². The van der Waals surface area contributed by atoms with Crippen molar-refractivity contribution in [1.29, 1.82) is 0 Å². The highest BCUT2D eigenvalue weighted by Gasteiger charge is 2.21. The number of nitro benzene ring substituents is 1. The van der Waals surface area contributed by atoms with Crippen LogP contribution in [-0.2, 0) is 4.74 Å². The van der Waals surface area contributed by atoms with E-state index in [4.69, 9.17) is 5.84 Å². The molecule has 0 unspecified atom stereocenters. The summed E-state index contributed by atoms with van der Waals surface area (Å²) in [5.41, 5.74) is 1.24. The Morgan fingerprint density at radius 1 is 1.44 bits per heavy atom. The zero-order chi connectivity index (χ0) is 13.7. The summed E-state index contributed by atoms with van der Waals surface area (Å²) in [5.74, 6) is 4.01. The van der Waals surface area contributed by atoms with Gasteiger partial charge in [0.15, 0.2) is 0 Å². The summed E-state index contributed by atoms with van der Waals surface area (Å²) in [6.45, 7) is 0. The Kier molecular flexibility index (Phi) is 4.16. The summed E-state index contributed by atoms with van der Waals surface area (Å²) < 4.78 is 4.41. The first-order valence-electron chi connectivity index (χ1n) is 4.64. The number of nitro groups is 1. The highest BCUT2D eigenvalue weighted by atomic mass is 16.6. The van der Waals surface area contributed by atoms with Gasteiger partial charge >= 0.3 is 12.0 Å². The summed E-state index contributed by atoms with van der Waals surface area (Å²) in [7, 11) is 1.11. The molecule has 0 aliphatic rings. The predicted molar refractivity (Wildman–Crippen MR) is 60.8 cm³/mol. The number of rotatable bonds is 3. The smallest absolute Gasteiger partial charge is 0.344 e. The van der Waals surface area contributed by atoms with E-state index in [9.17, 15) is 19.7 Å². The summed E-state index contributed by atoms with van der Waals surface area (Å²) in [5, 5.41) is 13.0. The van der Waals surface area contributed by atoms with E-state index >= 15 is 0 Å². The molecule has 0 atom stereocenters. The van der Waals surface area contributed by atoms with Crippen LogP contribution in [0.1, 0.15) is 10.4 Å². The van der Waals surface area contributed by atoms with Crippen molar-refractivity contribution in [2.24, 2.45) is 5.84 Å². The van der Waals surface area contributed by atoms with Crippen LogP contribution in [0.2, 0.25) is 0 Å². The van der Waals surface area contributed by atoms with Gasteiger partial charge in [0.05, 0.1) is 12.0 Å². The maximum absolute atomic E-state index is 11.3. The molecule has 0 heterocycles. The van der Waals surface area contributed by atoms with Crippen LogP contribution in [0.5, 0.6) is 0 Å². The standard InChI is InChI=1S/C9H10N4O5/c1-18-8(14)6-3-2-5(11-9(15)12-10)4-7(6)13(16)17/h2-4H,10H2,1H3,(H2,11,12,15). The minimum absolute atomic E-state index is 0.123. The molecule has 0 bridgehead atoms. The second-order valence-corrected chi connectivity index (χ2v) is 3.08. The SMILES string of the molecule is COC(=O)c1ccc(NC(=O)NN)cc1[N+](=O)[O-]. The van der Waals surface area contributed by atoms with E-state index in [1.807, 2.05) is 0 Å². The summed E-state index contributed by atoms with van der Waals surface area (Å²) in [6.07, 6.45) is 0. The van der Waals surface area contributed by atoms with Gasteiger partial charge in [0, 0.05) is 11.8 Å². The molecule has 0 saturated heterocycles. The number of nitrogens with two attached hydrogens (primary N) is 1. The molecular weight excluding hydrogens is 244 g/mol. The maximum Gasteiger partial charge on any atom is 0.344 e. The fourth-order valence-corrected chi connectivity index (χ4v) is 1.21. The number of benzene rings is 1. The Morgan fingerprint density at radius 3 is 2.61 bits per heavy atom. The van der Waals surface area contributed by atoms with Crippen molar-refractivity contribution in [1.82, 2.24) is 5.43 Å². The molecule has 0 aromatic heterocycles. The van der Waals surface area contributed by atoms with Crippen LogP contribution >= 0.6 is 0 Å². The third kappa shape index (κ3) is 2.92. The van der Waals surface area contributed by atoms with E-state index in [2.05, 4.69) is 10.1 Å². The van der Waals surface area contributed by atoms with Gasteiger partial charge in [0.1, 0.15) is 5.56 Å². The Morgan fingerprint density at radius 2 is 2.11 bits per heavy atom. The number of hydrazine groups is 1. The maximum atomic E-state index is 11.3. The Bertz CT molecular complexity index is 502. The molecule has 9 nitrogen and oxygen atoms in total. The number of nitrogens with zero attached hydrogens (tertiary/aromatic N) is 1. The molecule has 0 aliphatic heterocycles. The number of anilines is 1. The molecule has 96 valence electrons. The van der Waals surface area contributed by atoms with Gasteiger partial charge in [0.2, 0.25) is 0 Å². The van der Waals surface area contributed by atoms with Gasteiger partial charge in [-0.15, -0.1) is 0 Å². The number of hydrogen-bond acceptors (Lipinski definition) is 6. The molecule has 0 radical (unpaired) electrons. The summed E-state index contributed by atoms with van der Waals surface area (Å²) in [6, 6.07) is 2.78. The van der Waals surface area contributed by atoms with Crippen molar-refractivity contribution in [2.45, 2.75) is 0 Å². The minimum Gasteiger partial charge on any atom is -0.465 e. The average molecular weight is 254 g/mol. The van der Waals surface area contributed by atoms with Gasteiger partial charge in [-0.25, -0.2) is 15.4 Å². The summed E-state index contributed by atoms with van der Waals surface area (Å²) in [4.78, 5) is 32.3.